The largest absolute Gasteiger partial charge is 0.372 e. The third-order valence-electron chi connectivity index (χ3n) is 8.36. The maximum Gasteiger partial charge on any atom is 0.183 e. The summed E-state index contributed by atoms with van der Waals surface area (Å²) in [4.78, 5) is 6.21. The van der Waals surface area contributed by atoms with Crippen molar-refractivity contribution in [3.63, 3.8) is 0 Å². The van der Waals surface area contributed by atoms with E-state index < -0.39 is 0 Å². The minimum Gasteiger partial charge on any atom is -0.372 e. The molecule has 2 heteroatoms. The van der Waals surface area contributed by atoms with E-state index in [-0.39, 0.29) is 0 Å². The molecular formula is C36H57N2+. The van der Waals surface area contributed by atoms with Crippen LogP contribution in [0, 0.1) is 0 Å². The van der Waals surface area contributed by atoms with Gasteiger partial charge in [-0.2, -0.15) is 0 Å². The van der Waals surface area contributed by atoms with Gasteiger partial charge in [-0.1, -0.05) is 110 Å². The van der Waals surface area contributed by atoms with E-state index in [1.807, 2.05) is 0 Å². The third-order valence-corrected chi connectivity index (χ3v) is 8.36. The molecule has 38 heavy (non-hydrogen) atoms. The molecule has 0 amide bonds. The Labute approximate surface area is 235 Å². The SMILES string of the molecule is CCCCCCCCCCCCc1[nH+]ccc2c1CCC/C2=C\c1ccc(N(CCCC)CCCC)cc1. The Hall–Kier alpha value is -2.09. The average molecular weight is 518 g/mol. The second-order valence-corrected chi connectivity index (χ2v) is 11.6. The topological polar surface area (TPSA) is 17.4 Å². The van der Waals surface area contributed by atoms with Crippen LogP contribution in [0.4, 0.5) is 5.69 Å². The predicted molar refractivity (Wildman–Crippen MR) is 168 cm³/mol. The van der Waals surface area contributed by atoms with Crippen LogP contribution in [0.3, 0.4) is 0 Å². The lowest BCUT2D eigenvalue weighted by molar-refractivity contribution is -0.391. The Morgan fingerprint density at radius 2 is 1.29 bits per heavy atom. The van der Waals surface area contributed by atoms with E-state index in [0.29, 0.717) is 0 Å². The molecule has 1 aliphatic rings. The number of benzene rings is 1. The first-order chi connectivity index (χ1) is 18.8. The van der Waals surface area contributed by atoms with Crippen molar-refractivity contribution in [1.82, 2.24) is 0 Å². The highest BCUT2D eigenvalue weighted by molar-refractivity contribution is 5.84. The lowest BCUT2D eigenvalue weighted by Gasteiger charge is -2.25. The maximum atomic E-state index is 3.63. The molecule has 3 rings (SSSR count). The number of pyridine rings is 1. The van der Waals surface area contributed by atoms with E-state index in [1.165, 1.54) is 157 Å². The highest BCUT2D eigenvalue weighted by Crippen LogP contribution is 2.33. The number of H-pyrrole nitrogens is 1. The molecule has 0 aliphatic heterocycles. The zero-order chi connectivity index (χ0) is 26.8. The highest BCUT2D eigenvalue weighted by Gasteiger charge is 2.21. The van der Waals surface area contributed by atoms with E-state index in [4.69, 9.17) is 0 Å². The number of nitrogens with one attached hydrogen (secondary N) is 1. The molecule has 1 N–H and O–H groups in total. The molecule has 0 unspecified atom stereocenters. The second kappa shape index (κ2) is 18.2. The van der Waals surface area contributed by atoms with Crippen molar-refractivity contribution in [1.29, 1.82) is 0 Å². The zero-order valence-electron chi connectivity index (χ0n) is 25.1. The monoisotopic (exact) mass is 517 g/mol. The number of hydrogen-bond acceptors (Lipinski definition) is 1. The number of allylic oxidation sites excluding steroid dienone is 1. The van der Waals surface area contributed by atoms with Crippen LogP contribution >= 0.6 is 0 Å². The molecule has 1 aliphatic carbocycles. The number of aromatic amines is 1. The molecule has 0 saturated carbocycles. The Morgan fingerprint density at radius 3 is 1.92 bits per heavy atom. The molecule has 0 saturated heterocycles. The summed E-state index contributed by atoms with van der Waals surface area (Å²) in [5.74, 6) is 0. The van der Waals surface area contributed by atoms with Crippen LogP contribution in [0.1, 0.15) is 146 Å². The molecule has 2 aromatic rings. The number of anilines is 1. The summed E-state index contributed by atoms with van der Waals surface area (Å²) in [5.41, 5.74) is 8.81. The van der Waals surface area contributed by atoms with Crippen LogP contribution in [0.2, 0.25) is 0 Å². The Balaban J connectivity index is 1.55. The summed E-state index contributed by atoms with van der Waals surface area (Å²) >= 11 is 0. The molecular weight excluding hydrogens is 460 g/mol. The number of nitrogens with zero attached hydrogens (tertiary/aromatic N) is 1. The molecule has 210 valence electrons. The van der Waals surface area contributed by atoms with Gasteiger partial charge in [0.15, 0.2) is 11.9 Å². The van der Waals surface area contributed by atoms with Crippen LogP contribution in [0.5, 0.6) is 0 Å². The van der Waals surface area contributed by atoms with Gasteiger partial charge < -0.3 is 4.90 Å². The summed E-state index contributed by atoms with van der Waals surface area (Å²) in [6, 6.07) is 11.7. The van der Waals surface area contributed by atoms with E-state index >= 15 is 0 Å². The first-order valence-corrected chi connectivity index (χ1v) is 16.3. The van der Waals surface area contributed by atoms with Crippen molar-refractivity contribution in [2.75, 3.05) is 18.0 Å². The quantitative estimate of drug-likeness (QED) is 0.169. The fourth-order valence-corrected chi connectivity index (χ4v) is 5.97. The maximum absolute atomic E-state index is 3.63. The molecule has 1 aromatic heterocycles. The zero-order valence-corrected chi connectivity index (χ0v) is 25.1. The van der Waals surface area contributed by atoms with Crippen molar-refractivity contribution >= 4 is 17.3 Å². The molecule has 0 bridgehead atoms. The number of hydrogen-bond donors (Lipinski definition) is 0. The van der Waals surface area contributed by atoms with Crippen molar-refractivity contribution < 1.29 is 4.98 Å². The summed E-state index contributed by atoms with van der Waals surface area (Å²) in [6.07, 6.45) is 28.6. The van der Waals surface area contributed by atoms with Gasteiger partial charge in [0.1, 0.15) is 0 Å². The number of fused-ring (bicyclic) bond motifs is 1. The van der Waals surface area contributed by atoms with Crippen LogP contribution < -0.4 is 9.88 Å². The van der Waals surface area contributed by atoms with Gasteiger partial charge in [-0.15, -0.1) is 0 Å². The van der Waals surface area contributed by atoms with Gasteiger partial charge in [-0.25, -0.2) is 4.98 Å². The third kappa shape index (κ3) is 10.2. The highest BCUT2D eigenvalue weighted by atomic mass is 15.1. The van der Waals surface area contributed by atoms with Crippen LogP contribution in [0.15, 0.2) is 36.5 Å². The van der Waals surface area contributed by atoms with Gasteiger partial charge in [0.25, 0.3) is 0 Å². The van der Waals surface area contributed by atoms with E-state index in [2.05, 4.69) is 73.3 Å². The summed E-state index contributed by atoms with van der Waals surface area (Å²) < 4.78 is 0. The fourth-order valence-electron chi connectivity index (χ4n) is 5.97. The minimum absolute atomic E-state index is 1.17. The molecule has 0 atom stereocenters. The van der Waals surface area contributed by atoms with Crippen LogP contribution in [0.25, 0.3) is 11.6 Å². The van der Waals surface area contributed by atoms with Gasteiger partial charge in [-0.3, -0.25) is 0 Å². The molecule has 1 heterocycles. The smallest absolute Gasteiger partial charge is 0.183 e. The molecule has 1 aromatic carbocycles. The summed E-state index contributed by atoms with van der Waals surface area (Å²) in [5, 5.41) is 0. The van der Waals surface area contributed by atoms with Gasteiger partial charge in [0.2, 0.25) is 0 Å². The Morgan fingerprint density at radius 1 is 0.684 bits per heavy atom. The molecule has 0 radical (unpaired) electrons. The first kappa shape index (κ1) is 30.5. The predicted octanol–water partition coefficient (Wildman–Crippen LogP) is 10.2. The van der Waals surface area contributed by atoms with Gasteiger partial charge in [0, 0.05) is 36.8 Å². The molecule has 0 spiro atoms. The van der Waals surface area contributed by atoms with Gasteiger partial charge >= 0.3 is 0 Å². The lowest BCUT2D eigenvalue weighted by atomic mass is 9.85. The number of unbranched alkanes of at least 4 members (excludes halogenated alkanes) is 11. The molecule has 0 fully saturated rings. The average Bonchev–Trinajstić information content (AvgIpc) is 2.95. The number of rotatable bonds is 19. The van der Waals surface area contributed by atoms with Crippen molar-refractivity contribution in [3.05, 3.63) is 58.9 Å². The van der Waals surface area contributed by atoms with Crippen molar-refractivity contribution in [2.24, 2.45) is 0 Å². The van der Waals surface area contributed by atoms with Gasteiger partial charge in [-0.05, 0) is 67.4 Å². The standard InChI is InChI=1S/C36H56N2/c1-4-7-10-11-12-13-14-15-16-17-21-36-35-20-18-19-32(34(35)26-27-37-36)30-31-22-24-33(25-23-31)38(28-8-5-2)29-9-6-3/h22-27,30H,4-21,28-29H2,1-3H3/p+1/b32-30+. The van der Waals surface area contributed by atoms with Crippen molar-refractivity contribution in [2.45, 2.75) is 136 Å². The number of aromatic nitrogens is 1. The van der Waals surface area contributed by atoms with Crippen LogP contribution in [-0.4, -0.2) is 13.1 Å². The normalized spacial score (nSPS) is 14.1. The van der Waals surface area contributed by atoms with Gasteiger partial charge in [0.05, 0.1) is 0 Å². The first-order valence-electron chi connectivity index (χ1n) is 16.3. The Bertz CT molecular complexity index is 919. The summed E-state index contributed by atoms with van der Waals surface area (Å²) in [7, 11) is 0. The summed E-state index contributed by atoms with van der Waals surface area (Å²) in [6.45, 7) is 9.21. The lowest BCUT2D eigenvalue weighted by Crippen LogP contribution is -2.25. The number of aryl methyl sites for hydroxylation is 1. The van der Waals surface area contributed by atoms with E-state index in [1.54, 1.807) is 5.56 Å². The van der Waals surface area contributed by atoms with E-state index in [0.717, 1.165) is 0 Å². The van der Waals surface area contributed by atoms with Crippen molar-refractivity contribution in [3.8, 4) is 0 Å². The minimum atomic E-state index is 1.17. The second-order valence-electron chi connectivity index (χ2n) is 11.6. The fraction of sp³-hybridized carbons (Fsp3) is 0.639. The Kier molecular flexibility index (Phi) is 14.6. The van der Waals surface area contributed by atoms with Crippen LogP contribution in [-0.2, 0) is 12.8 Å². The van der Waals surface area contributed by atoms with E-state index in [9.17, 15) is 0 Å². The molecule has 2 nitrogen and oxygen atoms in total.